The van der Waals surface area contributed by atoms with Crippen molar-refractivity contribution in [1.82, 2.24) is 4.98 Å². The molecule has 0 amide bonds. The van der Waals surface area contributed by atoms with Gasteiger partial charge in [-0.3, -0.25) is 9.78 Å². The van der Waals surface area contributed by atoms with Gasteiger partial charge in [-0.05, 0) is 22.0 Å². The molecule has 1 aromatic heterocycles. The second-order valence-electron chi connectivity index (χ2n) is 2.87. The molecule has 1 rings (SSSR count). The van der Waals surface area contributed by atoms with E-state index >= 15 is 0 Å². The van der Waals surface area contributed by atoms with Crippen LogP contribution in [-0.4, -0.2) is 18.1 Å². The van der Waals surface area contributed by atoms with Crippen LogP contribution in [0.4, 0.5) is 13.2 Å². The van der Waals surface area contributed by atoms with E-state index in [1.54, 1.807) is 0 Å². The van der Waals surface area contributed by atoms with Gasteiger partial charge in [-0.15, -0.1) is 0 Å². The number of esters is 1. The van der Waals surface area contributed by atoms with Gasteiger partial charge >= 0.3 is 12.1 Å². The van der Waals surface area contributed by atoms with Gasteiger partial charge in [-0.2, -0.15) is 13.2 Å². The molecule has 0 unspecified atom stereocenters. The molecule has 1 heterocycles. The van der Waals surface area contributed by atoms with Crippen LogP contribution in [0.2, 0.25) is 0 Å². The number of carbonyl (C=O) groups excluding carboxylic acids is 1. The Labute approximate surface area is 97.8 Å². The highest BCUT2D eigenvalue weighted by atomic mass is 79.9. The van der Waals surface area contributed by atoms with E-state index in [2.05, 4.69) is 25.7 Å². The highest BCUT2D eigenvalue weighted by Gasteiger charge is 2.34. The van der Waals surface area contributed by atoms with Crippen LogP contribution >= 0.6 is 15.9 Å². The van der Waals surface area contributed by atoms with Crippen LogP contribution < -0.4 is 0 Å². The number of alkyl halides is 3. The molecule has 1 aromatic rings. The molecule has 0 saturated carbocycles. The maximum Gasteiger partial charge on any atom is 0.417 e. The van der Waals surface area contributed by atoms with Crippen LogP contribution in [-0.2, 0) is 22.1 Å². The quantitative estimate of drug-likeness (QED) is 0.788. The van der Waals surface area contributed by atoms with Crippen molar-refractivity contribution in [2.24, 2.45) is 0 Å². The topological polar surface area (TPSA) is 39.2 Å². The molecule has 7 heteroatoms. The Balaban J connectivity index is 3.09. The molecule has 0 aliphatic heterocycles. The molecule has 0 saturated heterocycles. The fourth-order valence-electron chi connectivity index (χ4n) is 1.04. The summed E-state index contributed by atoms with van der Waals surface area (Å²) in [6.45, 7) is 0. The number of hydrogen-bond donors (Lipinski definition) is 0. The Kier molecular flexibility index (Phi) is 3.90. The molecule has 0 N–H and O–H groups in total. The number of pyridine rings is 1. The number of ether oxygens (including phenoxy) is 1. The number of nitrogens with zero attached hydrogens (tertiary/aromatic N) is 1. The summed E-state index contributed by atoms with van der Waals surface area (Å²) >= 11 is 2.78. The van der Waals surface area contributed by atoms with Gasteiger partial charge in [-0.1, -0.05) is 0 Å². The van der Waals surface area contributed by atoms with E-state index in [0.717, 1.165) is 19.4 Å². The maximum absolute atomic E-state index is 12.5. The fourth-order valence-corrected chi connectivity index (χ4v) is 1.64. The number of halogens is 4. The highest BCUT2D eigenvalue weighted by molar-refractivity contribution is 9.10. The van der Waals surface area contributed by atoms with E-state index in [4.69, 9.17) is 0 Å². The number of methoxy groups -OCH3 is 1. The van der Waals surface area contributed by atoms with Crippen molar-refractivity contribution in [3.63, 3.8) is 0 Å². The summed E-state index contributed by atoms with van der Waals surface area (Å²) < 4.78 is 41.5. The lowest BCUT2D eigenvalue weighted by Gasteiger charge is -2.11. The van der Waals surface area contributed by atoms with Crippen molar-refractivity contribution < 1.29 is 22.7 Å². The number of hydrogen-bond acceptors (Lipinski definition) is 3. The summed E-state index contributed by atoms with van der Waals surface area (Å²) in [4.78, 5) is 14.6. The molecule has 16 heavy (non-hydrogen) atoms. The van der Waals surface area contributed by atoms with E-state index in [1.807, 2.05) is 0 Å². The normalized spacial score (nSPS) is 11.3. The van der Waals surface area contributed by atoms with Crippen molar-refractivity contribution >= 4 is 21.9 Å². The molecule has 88 valence electrons. The Morgan fingerprint density at radius 3 is 2.69 bits per heavy atom. The predicted octanol–water partition coefficient (Wildman–Crippen LogP) is 2.58. The molecule has 0 aromatic carbocycles. The predicted molar refractivity (Wildman–Crippen MR) is 52.7 cm³/mol. The fraction of sp³-hybridized carbons (Fsp3) is 0.333. The summed E-state index contributed by atoms with van der Waals surface area (Å²) in [6, 6.07) is 0.838. The van der Waals surface area contributed by atoms with E-state index in [-0.39, 0.29) is 16.6 Å². The van der Waals surface area contributed by atoms with Crippen LogP contribution in [0.1, 0.15) is 11.3 Å². The Morgan fingerprint density at radius 1 is 1.56 bits per heavy atom. The highest BCUT2D eigenvalue weighted by Crippen LogP contribution is 2.35. The third-order valence-corrected chi connectivity index (χ3v) is 2.69. The minimum absolute atomic E-state index is 0.00155. The van der Waals surface area contributed by atoms with Gasteiger partial charge in [0.1, 0.15) is 0 Å². The second kappa shape index (κ2) is 4.82. The van der Waals surface area contributed by atoms with Gasteiger partial charge in [0.25, 0.3) is 0 Å². The molecule has 0 fully saturated rings. The molecular weight excluding hydrogens is 291 g/mol. The largest absolute Gasteiger partial charge is 0.469 e. The monoisotopic (exact) mass is 297 g/mol. The number of aromatic nitrogens is 1. The van der Waals surface area contributed by atoms with Crippen molar-refractivity contribution in [1.29, 1.82) is 0 Å². The average Bonchev–Trinajstić information content (AvgIpc) is 2.19. The molecule has 0 spiro atoms. The molecule has 0 radical (unpaired) electrons. The van der Waals surface area contributed by atoms with Gasteiger partial charge < -0.3 is 4.74 Å². The molecule has 3 nitrogen and oxygen atoms in total. The van der Waals surface area contributed by atoms with Crippen molar-refractivity contribution in [3.8, 4) is 0 Å². The smallest absolute Gasteiger partial charge is 0.417 e. The lowest BCUT2D eigenvalue weighted by atomic mass is 10.2. The zero-order chi connectivity index (χ0) is 12.3. The third-order valence-electron chi connectivity index (χ3n) is 1.81. The van der Waals surface area contributed by atoms with Gasteiger partial charge in [0.05, 0.1) is 29.3 Å². The van der Waals surface area contributed by atoms with Crippen LogP contribution in [0.25, 0.3) is 0 Å². The second-order valence-corrected chi connectivity index (χ2v) is 3.66. The summed E-state index contributed by atoms with van der Waals surface area (Å²) in [5.41, 5.74) is -0.858. The molecule has 0 aliphatic rings. The van der Waals surface area contributed by atoms with Gasteiger partial charge in [0.15, 0.2) is 0 Å². The Morgan fingerprint density at radius 2 is 2.19 bits per heavy atom. The minimum Gasteiger partial charge on any atom is -0.469 e. The standard InChI is InChI=1S/C9H7BrF3NO2/c1-16-7(15)4-6-8(10)5(2-3-14-6)9(11,12)13/h2-3H,4H2,1H3. The van der Waals surface area contributed by atoms with Gasteiger partial charge in [-0.25, -0.2) is 0 Å². The van der Waals surface area contributed by atoms with E-state index in [1.165, 1.54) is 0 Å². The van der Waals surface area contributed by atoms with Crippen LogP contribution in [0.3, 0.4) is 0 Å². The summed E-state index contributed by atoms with van der Waals surface area (Å²) in [6.07, 6.45) is -3.78. The molecule has 0 aliphatic carbocycles. The minimum atomic E-state index is -4.48. The summed E-state index contributed by atoms with van der Waals surface area (Å²) in [5.74, 6) is -0.646. The Hall–Kier alpha value is -1.11. The molecule has 0 bridgehead atoms. The number of rotatable bonds is 2. The summed E-state index contributed by atoms with van der Waals surface area (Å²) in [5, 5.41) is 0. The van der Waals surface area contributed by atoms with Crippen molar-refractivity contribution in [3.05, 3.63) is 28.0 Å². The number of carbonyl (C=O) groups is 1. The lowest BCUT2D eigenvalue weighted by molar-refractivity contribution is -0.141. The van der Waals surface area contributed by atoms with Crippen molar-refractivity contribution in [2.75, 3.05) is 7.11 Å². The van der Waals surface area contributed by atoms with Crippen LogP contribution in [0, 0.1) is 0 Å². The summed E-state index contributed by atoms with van der Waals surface area (Å²) in [7, 11) is 1.16. The van der Waals surface area contributed by atoms with Gasteiger partial charge in [0, 0.05) is 6.20 Å². The lowest BCUT2D eigenvalue weighted by Crippen LogP contribution is -2.11. The van der Waals surface area contributed by atoms with Crippen molar-refractivity contribution in [2.45, 2.75) is 12.6 Å². The average molecular weight is 298 g/mol. The van der Waals surface area contributed by atoms with Crippen LogP contribution in [0.15, 0.2) is 16.7 Å². The van der Waals surface area contributed by atoms with Crippen LogP contribution in [0.5, 0.6) is 0 Å². The first kappa shape index (κ1) is 13.0. The van der Waals surface area contributed by atoms with E-state index in [0.29, 0.717) is 0 Å². The third kappa shape index (κ3) is 2.94. The van der Waals surface area contributed by atoms with E-state index in [9.17, 15) is 18.0 Å². The van der Waals surface area contributed by atoms with Gasteiger partial charge in [0.2, 0.25) is 0 Å². The first-order valence-electron chi connectivity index (χ1n) is 4.13. The first-order valence-corrected chi connectivity index (χ1v) is 4.93. The zero-order valence-electron chi connectivity index (χ0n) is 8.14. The molecular formula is C9H7BrF3NO2. The Bertz CT molecular complexity index is 406. The zero-order valence-corrected chi connectivity index (χ0v) is 9.72. The maximum atomic E-state index is 12.5. The van der Waals surface area contributed by atoms with E-state index < -0.39 is 17.7 Å². The SMILES string of the molecule is COC(=O)Cc1nccc(C(F)(F)F)c1Br. The first-order chi connectivity index (χ1) is 7.36. The molecule has 0 atom stereocenters.